The van der Waals surface area contributed by atoms with Gasteiger partial charge in [0.2, 0.25) is 5.91 Å². The number of imidazole rings is 1. The van der Waals surface area contributed by atoms with Gasteiger partial charge in [-0.25, -0.2) is 13.4 Å². The highest BCUT2D eigenvalue weighted by molar-refractivity contribution is 7.89. The minimum absolute atomic E-state index is 0.0167. The molecule has 8 nitrogen and oxygen atoms in total. The molecule has 26 heavy (non-hydrogen) atoms. The number of nitrogens with zero attached hydrogens (tertiary/aromatic N) is 3. The lowest BCUT2D eigenvalue weighted by Gasteiger charge is -2.34. The van der Waals surface area contributed by atoms with Crippen molar-refractivity contribution in [3.8, 4) is 0 Å². The highest BCUT2D eigenvalue weighted by Gasteiger charge is 2.38. The highest BCUT2D eigenvalue weighted by Crippen LogP contribution is 2.30. The standard InChI is InChI=1S/C17H29N5O3S/c1-13-19-15(11-21(13)2)26(24,25)22-9-5-14(6-10-22)16(23)20-17(12-18)7-3-4-8-17/h11,14H,3-10,12,18H2,1-2H3,(H,20,23). The minimum atomic E-state index is -3.60. The van der Waals surface area contributed by atoms with Crippen LogP contribution in [-0.4, -0.2) is 53.4 Å². The summed E-state index contributed by atoms with van der Waals surface area (Å²) in [7, 11) is -1.83. The maximum atomic E-state index is 12.7. The number of piperidine rings is 1. The molecule has 146 valence electrons. The quantitative estimate of drug-likeness (QED) is 0.770. The summed E-state index contributed by atoms with van der Waals surface area (Å²) >= 11 is 0. The normalized spacial score (nSPS) is 21.8. The lowest BCUT2D eigenvalue weighted by molar-refractivity contribution is -0.128. The van der Waals surface area contributed by atoms with Crippen molar-refractivity contribution in [1.82, 2.24) is 19.2 Å². The second-order valence-electron chi connectivity index (χ2n) is 7.60. The summed E-state index contributed by atoms with van der Waals surface area (Å²) in [5.74, 6) is 0.514. The zero-order chi connectivity index (χ0) is 18.9. The smallest absolute Gasteiger partial charge is 0.262 e. The van der Waals surface area contributed by atoms with Crippen LogP contribution in [-0.2, 0) is 21.9 Å². The Labute approximate surface area is 155 Å². The molecule has 3 rings (SSSR count). The number of hydrogen-bond donors (Lipinski definition) is 2. The van der Waals surface area contributed by atoms with Gasteiger partial charge in [0.1, 0.15) is 5.82 Å². The Kier molecular flexibility index (Phi) is 5.41. The van der Waals surface area contributed by atoms with E-state index in [1.54, 1.807) is 18.5 Å². The Balaban J connectivity index is 1.61. The second-order valence-corrected chi connectivity index (χ2v) is 9.48. The molecule has 1 saturated heterocycles. The van der Waals surface area contributed by atoms with E-state index in [4.69, 9.17) is 5.73 Å². The molecule has 2 heterocycles. The number of hydrogen-bond acceptors (Lipinski definition) is 5. The van der Waals surface area contributed by atoms with E-state index in [-0.39, 0.29) is 22.4 Å². The number of nitrogens with two attached hydrogens (primary N) is 1. The third-order valence-electron chi connectivity index (χ3n) is 5.86. The van der Waals surface area contributed by atoms with E-state index in [1.165, 1.54) is 10.5 Å². The number of carbonyl (C=O) groups is 1. The van der Waals surface area contributed by atoms with Crippen LogP contribution in [0.1, 0.15) is 44.3 Å². The molecule has 1 aliphatic carbocycles. The van der Waals surface area contributed by atoms with Gasteiger partial charge in [0.05, 0.1) is 5.54 Å². The third-order valence-corrected chi connectivity index (χ3v) is 7.63. The van der Waals surface area contributed by atoms with Crippen molar-refractivity contribution in [2.45, 2.75) is 56.0 Å². The van der Waals surface area contributed by atoms with Crippen molar-refractivity contribution in [3.05, 3.63) is 12.0 Å². The molecule has 1 aromatic rings. The molecule has 0 spiro atoms. The molecule has 2 fully saturated rings. The summed E-state index contributed by atoms with van der Waals surface area (Å²) < 4.78 is 28.6. The highest BCUT2D eigenvalue weighted by atomic mass is 32.2. The molecule has 9 heteroatoms. The Hall–Kier alpha value is -1.45. The van der Waals surface area contributed by atoms with Crippen LogP contribution >= 0.6 is 0 Å². The van der Waals surface area contributed by atoms with Gasteiger partial charge in [0.15, 0.2) is 5.03 Å². The van der Waals surface area contributed by atoms with E-state index in [0.29, 0.717) is 38.3 Å². The number of nitrogens with one attached hydrogen (secondary N) is 1. The topological polar surface area (TPSA) is 110 Å². The maximum Gasteiger partial charge on any atom is 0.262 e. The first kappa shape index (κ1) is 19.3. The SMILES string of the molecule is Cc1nc(S(=O)(=O)N2CCC(C(=O)NC3(CN)CCCC3)CC2)cn1C. The Morgan fingerprint density at radius 3 is 2.46 bits per heavy atom. The maximum absolute atomic E-state index is 12.7. The van der Waals surface area contributed by atoms with Gasteiger partial charge >= 0.3 is 0 Å². The number of sulfonamides is 1. The largest absolute Gasteiger partial charge is 0.349 e. The fraction of sp³-hybridized carbons (Fsp3) is 0.765. The summed E-state index contributed by atoms with van der Waals surface area (Å²) in [4.78, 5) is 16.8. The molecule has 0 aromatic carbocycles. The first-order chi connectivity index (χ1) is 12.3. The first-order valence-corrected chi connectivity index (χ1v) is 10.7. The van der Waals surface area contributed by atoms with Crippen molar-refractivity contribution >= 4 is 15.9 Å². The number of aryl methyl sites for hydroxylation is 2. The summed E-state index contributed by atoms with van der Waals surface area (Å²) in [5.41, 5.74) is 5.63. The van der Waals surface area contributed by atoms with Gasteiger partial charge in [-0.3, -0.25) is 4.79 Å². The van der Waals surface area contributed by atoms with Crippen LogP contribution in [0.25, 0.3) is 0 Å². The Morgan fingerprint density at radius 1 is 1.35 bits per heavy atom. The van der Waals surface area contributed by atoms with Crippen molar-refractivity contribution in [2.24, 2.45) is 18.7 Å². The monoisotopic (exact) mass is 383 g/mol. The summed E-state index contributed by atoms with van der Waals surface area (Å²) in [6.45, 7) is 2.91. The van der Waals surface area contributed by atoms with Gasteiger partial charge in [-0.1, -0.05) is 12.8 Å². The molecular formula is C17H29N5O3S. The van der Waals surface area contributed by atoms with Crippen molar-refractivity contribution in [1.29, 1.82) is 0 Å². The predicted molar refractivity (Wildman–Crippen MR) is 97.8 cm³/mol. The van der Waals surface area contributed by atoms with Crippen molar-refractivity contribution in [3.63, 3.8) is 0 Å². The van der Waals surface area contributed by atoms with Crippen LogP contribution < -0.4 is 11.1 Å². The zero-order valence-electron chi connectivity index (χ0n) is 15.6. The van der Waals surface area contributed by atoms with Gasteiger partial charge in [-0.05, 0) is 32.6 Å². The molecule has 3 N–H and O–H groups in total. The minimum Gasteiger partial charge on any atom is -0.349 e. The van der Waals surface area contributed by atoms with E-state index < -0.39 is 10.0 Å². The van der Waals surface area contributed by atoms with Crippen LogP contribution in [0.2, 0.25) is 0 Å². The number of aromatic nitrogens is 2. The molecule has 0 bridgehead atoms. The van der Waals surface area contributed by atoms with Crippen molar-refractivity contribution in [2.75, 3.05) is 19.6 Å². The van der Waals surface area contributed by atoms with E-state index in [0.717, 1.165) is 25.7 Å². The van der Waals surface area contributed by atoms with Crippen molar-refractivity contribution < 1.29 is 13.2 Å². The van der Waals surface area contributed by atoms with Gasteiger partial charge in [-0.15, -0.1) is 0 Å². The van der Waals surface area contributed by atoms with Gasteiger partial charge in [0, 0.05) is 38.8 Å². The average molecular weight is 384 g/mol. The van der Waals surface area contributed by atoms with E-state index in [9.17, 15) is 13.2 Å². The molecule has 1 saturated carbocycles. The summed E-state index contributed by atoms with van der Waals surface area (Å²) in [6.07, 6.45) is 6.64. The lowest BCUT2D eigenvalue weighted by Crippen LogP contribution is -2.54. The molecule has 1 aromatic heterocycles. The first-order valence-electron chi connectivity index (χ1n) is 9.30. The van der Waals surface area contributed by atoms with Gasteiger partial charge in [0.25, 0.3) is 10.0 Å². The number of carbonyl (C=O) groups excluding carboxylic acids is 1. The van der Waals surface area contributed by atoms with Crippen LogP contribution in [0.5, 0.6) is 0 Å². The molecule has 0 unspecified atom stereocenters. The second kappa shape index (κ2) is 7.28. The Morgan fingerprint density at radius 2 is 1.96 bits per heavy atom. The molecule has 0 atom stereocenters. The summed E-state index contributed by atoms with van der Waals surface area (Å²) in [6, 6.07) is 0. The van der Waals surface area contributed by atoms with Crippen LogP contribution in [0, 0.1) is 12.8 Å². The van der Waals surface area contributed by atoms with E-state index >= 15 is 0 Å². The van der Waals surface area contributed by atoms with Gasteiger partial charge in [-0.2, -0.15) is 4.31 Å². The fourth-order valence-electron chi connectivity index (χ4n) is 3.94. The van der Waals surface area contributed by atoms with Gasteiger partial charge < -0.3 is 15.6 Å². The third kappa shape index (κ3) is 3.65. The lowest BCUT2D eigenvalue weighted by atomic mass is 9.93. The average Bonchev–Trinajstić information content (AvgIpc) is 3.23. The molecular weight excluding hydrogens is 354 g/mol. The molecule has 1 aliphatic heterocycles. The van der Waals surface area contributed by atoms with E-state index in [1.807, 2.05) is 0 Å². The fourth-order valence-corrected chi connectivity index (χ4v) is 5.43. The number of rotatable bonds is 5. The summed E-state index contributed by atoms with van der Waals surface area (Å²) in [5, 5.41) is 3.24. The molecule has 2 aliphatic rings. The predicted octanol–water partition coefficient (Wildman–Crippen LogP) is 0.517. The van der Waals surface area contributed by atoms with Crippen LogP contribution in [0.3, 0.4) is 0 Å². The molecule has 0 radical (unpaired) electrons. The van der Waals surface area contributed by atoms with Crippen LogP contribution in [0.15, 0.2) is 11.2 Å². The zero-order valence-corrected chi connectivity index (χ0v) is 16.4. The van der Waals surface area contributed by atoms with Crippen LogP contribution in [0.4, 0.5) is 0 Å². The number of amides is 1. The molecule has 1 amide bonds. The Bertz CT molecular complexity index is 740. The van der Waals surface area contributed by atoms with E-state index in [2.05, 4.69) is 10.3 Å².